The molecule has 1 aliphatic heterocycles. The van der Waals surface area contributed by atoms with Crippen molar-refractivity contribution in [2.45, 2.75) is 31.5 Å². The van der Waals surface area contributed by atoms with Crippen LogP contribution in [0.15, 0.2) is 12.1 Å². The third kappa shape index (κ3) is 3.44. The van der Waals surface area contributed by atoms with Crippen LogP contribution in [0.25, 0.3) is 0 Å². The van der Waals surface area contributed by atoms with E-state index < -0.39 is 23.4 Å². The molecular weight excluding hydrogens is 287 g/mol. The molecule has 2 rings (SSSR count). The number of alkyl halides is 3. The second kappa shape index (κ2) is 5.18. The number of anilines is 1. The Hall–Kier alpha value is -1.83. The Morgan fingerprint density at radius 1 is 1.48 bits per heavy atom. The average molecular weight is 303 g/mol. The van der Waals surface area contributed by atoms with Crippen LogP contribution in [0.1, 0.15) is 35.8 Å². The molecule has 0 aliphatic carbocycles. The van der Waals surface area contributed by atoms with Gasteiger partial charge in [-0.15, -0.1) is 0 Å². The predicted octanol–water partition coefficient (Wildman–Crippen LogP) is 1.55. The van der Waals surface area contributed by atoms with Gasteiger partial charge in [0.2, 0.25) is 0 Å². The summed E-state index contributed by atoms with van der Waals surface area (Å²) >= 11 is 0. The van der Waals surface area contributed by atoms with Gasteiger partial charge in [0.25, 0.3) is 5.91 Å². The molecule has 0 aromatic carbocycles. The Morgan fingerprint density at radius 3 is 2.67 bits per heavy atom. The van der Waals surface area contributed by atoms with Crippen molar-refractivity contribution in [2.24, 2.45) is 5.73 Å². The normalized spacial score (nSPS) is 23.2. The third-order valence-electron chi connectivity index (χ3n) is 3.41. The van der Waals surface area contributed by atoms with E-state index in [0.29, 0.717) is 19.4 Å². The van der Waals surface area contributed by atoms with Crippen molar-refractivity contribution in [2.75, 3.05) is 18.0 Å². The van der Waals surface area contributed by atoms with Gasteiger partial charge in [0.05, 0.1) is 11.2 Å². The Kier molecular flexibility index (Phi) is 3.83. The van der Waals surface area contributed by atoms with Crippen LogP contribution < -0.4 is 10.6 Å². The maximum absolute atomic E-state index is 12.8. The summed E-state index contributed by atoms with van der Waals surface area (Å²) < 4.78 is 38.3. The lowest BCUT2D eigenvalue weighted by molar-refractivity contribution is -0.141. The van der Waals surface area contributed by atoms with Gasteiger partial charge in [0.1, 0.15) is 11.5 Å². The second-order valence-electron chi connectivity index (χ2n) is 5.45. The summed E-state index contributed by atoms with van der Waals surface area (Å²) in [6.07, 6.45) is -3.49. The molecule has 2 heterocycles. The number of aromatic nitrogens is 1. The monoisotopic (exact) mass is 303 g/mol. The van der Waals surface area contributed by atoms with E-state index in [1.807, 2.05) is 0 Å². The number of halogens is 3. The van der Waals surface area contributed by atoms with Crippen LogP contribution >= 0.6 is 0 Å². The van der Waals surface area contributed by atoms with E-state index in [2.05, 4.69) is 4.98 Å². The molecule has 1 aromatic rings. The summed E-state index contributed by atoms with van der Waals surface area (Å²) in [6.45, 7) is 2.10. The first-order valence-corrected chi connectivity index (χ1v) is 6.45. The van der Waals surface area contributed by atoms with E-state index in [-0.39, 0.29) is 17.9 Å². The number of amides is 1. The third-order valence-corrected chi connectivity index (χ3v) is 3.41. The van der Waals surface area contributed by atoms with E-state index in [0.717, 1.165) is 12.1 Å². The smallest absolute Gasteiger partial charge is 0.388 e. The van der Waals surface area contributed by atoms with Crippen molar-refractivity contribution in [3.05, 3.63) is 23.4 Å². The minimum Gasteiger partial charge on any atom is -0.388 e. The summed E-state index contributed by atoms with van der Waals surface area (Å²) in [6, 6.07) is 1.75. The first-order valence-electron chi connectivity index (χ1n) is 6.45. The number of hydrogen-bond donors (Lipinski definition) is 2. The number of β-amino-alcohol motifs (C(OH)–C–C–N with tert-alkyl or cyclic N) is 1. The summed E-state index contributed by atoms with van der Waals surface area (Å²) in [5.41, 5.74) is 2.99. The van der Waals surface area contributed by atoms with E-state index in [9.17, 15) is 23.1 Å². The van der Waals surface area contributed by atoms with Gasteiger partial charge >= 0.3 is 6.18 Å². The molecule has 0 saturated carbocycles. The molecule has 5 nitrogen and oxygen atoms in total. The van der Waals surface area contributed by atoms with Gasteiger partial charge in [-0.1, -0.05) is 0 Å². The van der Waals surface area contributed by atoms with E-state index in [1.165, 1.54) is 4.90 Å². The lowest BCUT2D eigenvalue weighted by Gasteiger charge is -2.38. The molecule has 1 aliphatic rings. The first kappa shape index (κ1) is 15.6. The Labute approximate surface area is 119 Å². The molecule has 0 bridgehead atoms. The number of rotatable bonds is 2. The standard InChI is InChI=1S/C13H16F3N3O2/c1-12(21)5-2-6-19(7-12)11-8(10(17)20)3-4-9(18-11)13(14,15)16/h3-4,21H,2,5-7H2,1H3,(H2,17,20). The number of nitrogens with zero attached hydrogens (tertiary/aromatic N) is 2. The van der Waals surface area contributed by atoms with Crippen LogP contribution in [0.2, 0.25) is 0 Å². The van der Waals surface area contributed by atoms with E-state index in [1.54, 1.807) is 6.92 Å². The molecule has 1 aromatic heterocycles. The number of carbonyl (C=O) groups is 1. The van der Waals surface area contributed by atoms with Gasteiger partial charge in [-0.3, -0.25) is 4.79 Å². The van der Waals surface area contributed by atoms with Crippen LogP contribution in [-0.4, -0.2) is 34.7 Å². The minimum atomic E-state index is -4.61. The largest absolute Gasteiger partial charge is 0.433 e. The quantitative estimate of drug-likeness (QED) is 0.869. The van der Waals surface area contributed by atoms with E-state index in [4.69, 9.17) is 5.73 Å². The molecule has 1 saturated heterocycles. The maximum atomic E-state index is 12.8. The van der Waals surface area contributed by atoms with Gasteiger partial charge in [0, 0.05) is 13.1 Å². The number of nitrogens with two attached hydrogens (primary N) is 1. The Bertz CT molecular complexity index is 558. The molecule has 1 amide bonds. The number of aliphatic hydroxyl groups is 1. The molecule has 8 heteroatoms. The fourth-order valence-electron chi connectivity index (χ4n) is 2.44. The number of primary amides is 1. The van der Waals surface area contributed by atoms with Gasteiger partial charge in [-0.2, -0.15) is 13.2 Å². The summed E-state index contributed by atoms with van der Waals surface area (Å²) in [7, 11) is 0. The molecule has 3 N–H and O–H groups in total. The lowest BCUT2D eigenvalue weighted by atomic mass is 9.95. The van der Waals surface area contributed by atoms with Crippen LogP contribution in [0.4, 0.5) is 19.0 Å². The average Bonchev–Trinajstić information content (AvgIpc) is 2.35. The molecule has 1 fully saturated rings. The zero-order valence-electron chi connectivity index (χ0n) is 11.4. The first-order chi connectivity index (χ1) is 9.60. The SMILES string of the molecule is CC1(O)CCCN(c2nc(C(F)(F)F)ccc2C(N)=O)C1. The van der Waals surface area contributed by atoms with Gasteiger partial charge in [0.15, 0.2) is 0 Å². The molecular formula is C13H16F3N3O2. The zero-order valence-corrected chi connectivity index (χ0v) is 11.4. The number of piperidine rings is 1. The Morgan fingerprint density at radius 2 is 2.14 bits per heavy atom. The summed E-state index contributed by atoms with van der Waals surface area (Å²) in [5, 5.41) is 10.1. The highest BCUT2D eigenvalue weighted by Crippen LogP contribution is 2.32. The van der Waals surface area contributed by atoms with E-state index >= 15 is 0 Å². The zero-order chi connectivity index (χ0) is 15.8. The van der Waals surface area contributed by atoms with Crippen LogP contribution in [0, 0.1) is 0 Å². The van der Waals surface area contributed by atoms with Crippen LogP contribution in [0.5, 0.6) is 0 Å². The molecule has 21 heavy (non-hydrogen) atoms. The van der Waals surface area contributed by atoms with Crippen LogP contribution in [0.3, 0.4) is 0 Å². The number of hydrogen-bond acceptors (Lipinski definition) is 4. The molecule has 0 spiro atoms. The number of carbonyl (C=O) groups excluding carboxylic acids is 1. The fraction of sp³-hybridized carbons (Fsp3) is 0.538. The fourth-order valence-corrected chi connectivity index (χ4v) is 2.44. The molecule has 1 atom stereocenters. The predicted molar refractivity (Wildman–Crippen MR) is 69.8 cm³/mol. The van der Waals surface area contributed by atoms with Gasteiger partial charge in [-0.25, -0.2) is 4.98 Å². The highest BCUT2D eigenvalue weighted by Gasteiger charge is 2.36. The lowest BCUT2D eigenvalue weighted by Crippen LogP contribution is -2.47. The van der Waals surface area contributed by atoms with Crippen molar-refractivity contribution in [3.8, 4) is 0 Å². The highest BCUT2D eigenvalue weighted by atomic mass is 19.4. The van der Waals surface area contributed by atoms with Crippen molar-refractivity contribution in [1.29, 1.82) is 0 Å². The highest BCUT2D eigenvalue weighted by molar-refractivity contribution is 5.97. The Balaban J connectivity index is 2.46. The van der Waals surface area contributed by atoms with Gasteiger partial charge in [-0.05, 0) is 31.9 Å². The minimum absolute atomic E-state index is 0.0827. The number of pyridine rings is 1. The maximum Gasteiger partial charge on any atom is 0.433 e. The van der Waals surface area contributed by atoms with Gasteiger partial charge < -0.3 is 15.7 Å². The van der Waals surface area contributed by atoms with Crippen molar-refractivity contribution >= 4 is 11.7 Å². The molecule has 1 unspecified atom stereocenters. The van der Waals surface area contributed by atoms with Crippen molar-refractivity contribution in [1.82, 2.24) is 4.98 Å². The van der Waals surface area contributed by atoms with Crippen molar-refractivity contribution in [3.63, 3.8) is 0 Å². The van der Waals surface area contributed by atoms with Crippen molar-refractivity contribution < 1.29 is 23.1 Å². The van der Waals surface area contributed by atoms with Crippen LogP contribution in [-0.2, 0) is 6.18 Å². The summed E-state index contributed by atoms with van der Waals surface area (Å²) in [5.74, 6) is -0.978. The molecule has 116 valence electrons. The topological polar surface area (TPSA) is 79.4 Å². The second-order valence-corrected chi connectivity index (χ2v) is 5.45. The molecule has 0 radical (unpaired) electrons. The summed E-state index contributed by atoms with van der Waals surface area (Å²) in [4.78, 5) is 16.4.